The molecule has 0 aromatic rings. The van der Waals surface area contributed by atoms with E-state index in [9.17, 15) is 0 Å². The van der Waals surface area contributed by atoms with E-state index in [1.807, 2.05) is 0 Å². The van der Waals surface area contributed by atoms with Crippen LogP contribution in [-0.4, -0.2) is 62.0 Å². The molecule has 3 fully saturated rings. The van der Waals surface area contributed by atoms with Crippen molar-refractivity contribution in [3.63, 3.8) is 0 Å². The van der Waals surface area contributed by atoms with Gasteiger partial charge < -0.3 is 0 Å². The Kier molecular flexibility index (Phi) is 6.68. The lowest BCUT2D eigenvalue weighted by atomic mass is 9.87. The average molecular weight is 351 g/mol. The first-order chi connectivity index (χ1) is 9.92. The van der Waals surface area contributed by atoms with Crippen LogP contribution in [0.3, 0.4) is 0 Å². The van der Waals surface area contributed by atoms with E-state index < -0.39 is 0 Å². The van der Waals surface area contributed by atoms with Crippen molar-refractivity contribution in [2.24, 2.45) is 0 Å². The highest BCUT2D eigenvalue weighted by atomic mass is 32.2. The van der Waals surface area contributed by atoms with Crippen LogP contribution in [0.5, 0.6) is 0 Å². The van der Waals surface area contributed by atoms with E-state index in [1.165, 1.54) is 78.6 Å². The van der Waals surface area contributed by atoms with Gasteiger partial charge in [0.15, 0.2) is 0 Å². The topological polar surface area (TPSA) is 6.48 Å². The van der Waals surface area contributed by atoms with E-state index in [0.29, 0.717) is 5.66 Å². The van der Waals surface area contributed by atoms with Crippen molar-refractivity contribution in [1.82, 2.24) is 9.80 Å². The SMILES string of the molecule is C1CCC(N2CSCCSC2)(N2CSCCSC2)CC1. The quantitative estimate of drug-likeness (QED) is 0.736. The Balaban J connectivity index is 1.78. The summed E-state index contributed by atoms with van der Waals surface area (Å²) in [5, 5.41) is 0. The molecule has 0 spiro atoms. The summed E-state index contributed by atoms with van der Waals surface area (Å²) in [7, 11) is 0. The summed E-state index contributed by atoms with van der Waals surface area (Å²) >= 11 is 8.60. The van der Waals surface area contributed by atoms with E-state index in [1.54, 1.807) is 0 Å². The third kappa shape index (κ3) is 3.80. The monoisotopic (exact) mass is 350 g/mol. The number of thioether (sulfide) groups is 4. The molecule has 0 radical (unpaired) electrons. The predicted octanol–water partition coefficient (Wildman–Crippen LogP) is 4.04. The van der Waals surface area contributed by atoms with Crippen LogP contribution in [0.4, 0.5) is 0 Å². The highest BCUT2D eigenvalue weighted by Crippen LogP contribution is 2.41. The Morgan fingerprint density at radius 3 is 1.35 bits per heavy atom. The van der Waals surface area contributed by atoms with Crippen molar-refractivity contribution in [3.05, 3.63) is 0 Å². The maximum absolute atomic E-state index is 2.83. The smallest absolute Gasteiger partial charge is 0.0765 e. The van der Waals surface area contributed by atoms with Crippen LogP contribution in [0.2, 0.25) is 0 Å². The molecule has 0 unspecified atom stereocenters. The van der Waals surface area contributed by atoms with Gasteiger partial charge in [-0.05, 0) is 12.8 Å². The molecule has 0 aromatic heterocycles. The van der Waals surface area contributed by atoms with Gasteiger partial charge in [-0.15, -0.1) is 47.0 Å². The molecule has 0 aromatic carbocycles. The second kappa shape index (κ2) is 8.25. The second-order valence-corrected chi connectivity index (χ2v) is 10.1. The van der Waals surface area contributed by atoms with Gasteiger partial charge in [0.1, 0.15) is 0 Å². The Labute approximate surface area is 140 Å². The van der Waals surface area contributed by atoms with E-state index in [4.69, 9.17) is 0 Å². The van der Waals surface area contributed by atoms with Gasteiger partial charge in [0.25, 0.3) is 0 Å². The van der Waals surface area contributed by atoms with Gasteiger partial charge in [0.2, 0.25) is 0 Å². The number of hydrogen-bond acceptors (Lipinski definition) is 6. The molecular formula is C14H26N2S4. The molecule has 2 nitrogen and oxygen atoms in total. The molecule has 1 saturated carbocycles. The van der Waals surface area contributed by atoms with Gasteiger partial charge in [-0.1, -0.05) is 19.3 Å². The first kappa shape index (κ1) is 16.2. The Hall–Kier alpha value is 1.32. The summed E-state index contributed by atoms with van der Waals surface area (Å²) in [4.78, 5) is 5.67. The lowest BCUT2D eigenvalue weighted by Crippen LogP contribution is -2.61. The van der Waals surface area contributed by atoms with E-state index >= 15 is 0 Å². The highest BCUT2D eigenvalue weighted by molar-refractivity contribution is 8.03. The summed E-state index contributed by atoms with van der Waals surface area (Å²) in [5.74, 6) is 10.3. The van der Waals surface area contributed by atoms with E-state index in [-0.39, 0.29) is 0 Å². The Bertz CT molecular complexity index is 259. The van der Waals surface area contributed by atoms with Gasteiger partial charge >= 0.3 is 0 Å². The molecule has 0 amide bonds. The van der Waals surface area contributed by atoms with Gasteiger partial charge in [-0.25, -0.2) is 0 Å². The summed E-state index contributed by atoms with van der Waals surface area (Å²) in [6.07, 6.45) is 7.10. The van der Waals surface area contributed by atoms with Crippen molar-refractivity contribution < 1.29 is 0 Å². The Morgan fingerprint density at radius 2 is 0.950 bits per heavy atom. The minimum Gasteiger partial charge on any atom is -0.267 e. The van der Waals surface area contributed by atoms with Crippen molar-refractivity contribution in [1.29, 1.82) is 0 Å². The van der Waals surface area contributed by atoms with Gasteiger partial charge in [0.05, 0.1) is 5.66 Å². The third-order valence-corrected chi connectivity index (χ3v) is 9.03. The molecule has 116 valence electrons. The summed E-state index contributed by atoms with van der Waals surface area (Å²) in [5.41, 5.74) is 0.382. The molecule has 3 aliphatic rings. The Morgan fingerprint density at radius 1 is 0.550 bits per heavy atom. The predicted molar refractivity (Wildman–Crippen MR) is 98.8 cm³/mol. The molecule has 6 heteroatoms. The summed E-state index contributed by atoms with van der Waals surface area (Å²) in [6, 6.07) is 0. The van der Waals surface area contributed by atoms with Crippen molar-refractivity contribution in [2.75, 3.05) is 46.5 Å². The minimum absolute atomic E-state index is 0.382. The molecule has 3 rings (SSSR count). The minimum atomic E-state index is 0.382. The molecule has 2 heterocycles. The van der Waals surface area contributed by atoms with Crippen LogP contribution in [0.1, 0.15) is 32.1 Å². The fourth-order valence-corrected chi connectivity index (χ4v) is 8.28. The second-order valence-electron chi connectivity index (χ2n) is 5.77. The zero-order valence-electron chi connectivity index (χ0n) is 12.2. The zero-order chi connectivity index (χ0) is 13.7. The summed E-state index contributed by atoms with van der Waals surface area (Å²) < 4.78 is 0. The standard InChI is InChI=1S/C14H26N2S4/c1-2-4-14(5-3-1,15-10-17-6-7-18-11-15)16-12-19-8-9-20-13-16/h1-13H2. The molecule has 2 saturated heterocycles. The van der Waals surface area contributed by atoms with Crippen molar-refractivity contribution in [2.45, 2.75) is 37.8 Å². The molecule has 1 aliphatic carbocycles. The fourth-order valence-electron chi connectivity index (χ4n) is 3.44. The molecular weight excluding hydrogens is 324 g/mol. The average Bonchev–Trinajstić information content (AvgIpc) is 2.93. The number of rotatable bonds is 2. The van der Waals surface area contributed by atoms with Gasteiger partial charge in [-0.2, -0.15) is 0 Å². The first-order valence-electron chi connectivity index (χ1n) is 7.73. The maximum atomic E-state index is 2.83. The van der Waals surface area contributed by atoms with E-state index in [0.717, 1.165) is 0 Å². The number of nitrogens with zero attached hydrogens (tertiary/aromatic N) is 2. The molecule has 0 bridgehead atoms. The zero-order valence-corrected chi connectivity index (χ0v) is 15.5. The molecule has 0 atom stereocenters. The lowest BCUT2D eigenvalue weighted by molar-refractivity contribution is -0.0434. The largest absolute Gasteiger partial charge is 0.267 e. The maximum Gasteiger partial charge on any atom is 0.0765 e. The highest BCUT2D eigenvalue weighted by Gasteiger charge is 2.43. The fraction of sp³-hybridized carbons (Fsp3) is 1.00. The molecule has 0 N–H and O–H groups in total. The lowest BCUT2D eigenvalue weighted by Gasteiger charge is -2.52. The van der Waals surface area contributed by atoms with Crippen LogP contribution >= 0.6 is 47.0 Å². The van der Waals surface area contributed by atoms with Crippen molar-refractivity contribution in [3.8, 4) is 0 Å². The van der Waals surface area contributed by atoms with Crippen LogP contribution in [0, 0.1) is 0 Å². The normalized spacial score (nSPS) is 30.6. The van der Waals surface area contributed by atoms with Gasteiger partial charge in [-0.3, -0.25) is 9.80 Å². The number of hydrogen-bond donors (Lipinski definition) is 0. The first-order valence-corrected chi connectivity index (χ1v) is 12.3. The van der Waals surface area contributed by atoms with Crippen LogP contribution in [0.25, 0.3) is 0 Å². The third-order valence-electron chi connectivity index (χ3n) is 4.56. The molecule has 20 heavy (non-hydrogen) atoms. The van der Waals surface area contributed by atoms with Gasteiger partial charge in [0, 0.05) is 46.5 Å². The van der Waals surface area contributed by atoms with Crippen LogP contribution in [-0.2, 0) is 0 Å². The van der Waals surface area contributed by atoms with E-state index in [2.05, 4.69) is 56.8 Å². The van der Waals surface area contributed by atoms with Crippen LogP contribution < -0.4 is 0 Å². The summed E-state index contributed by atoms with van der Waals surface area (Å²) in [6.45, 7) is 0. The van der Waals surface area contributed by atoms with Crippen molar-refractivity contribution >= 4 is 47.0 Å². The van der Waals surface area contributed by atoms with Crippen LogP contribution in [0.15, 0.2) is 0 Å². The molecule has 2 aliphatic heterocycles.